The molecule has 124 valence electrons. The van der Waals surface area contributed by atoms with E-state index in [0.29, 0.717) is 6.42 Å². The average molecular weight is 319 g/mol. The molecule has 0 atom stereocenters. The van der Waals surface area contributed by atoms with Gasteiger partial charge in [-0.05, 0) is 38.7 Å². The second kappa shape index (κ2) is 5.60. The van der Waals surface area contributed by atoms with Crippen LogP contribution in [0, 0.1) is 0 Å². The van der Waals surface area contributed by atoms with Crippen molar-refractivity contribution in [1.29, 1.82) is 0 Å². The number of carbonyl (C=O) groups excluding carboxylic acids is 1. The zero-order chi connectivity index (χ0) is 16.8. The Morgan fingerprint density at radius 3 is 2.17 bits per heavy atom. The highest BCUT2D eigenvalue weighted by Gasteiger charge is 2.51. The Bertz CT molecular complexity index is 580. The van der Waals surface area contributed by atoms with Crippen LogP contribution in [0.2, 0.25) is 0 Å². The second-order valence-electron chi connectivity index (χ2n) is 7.40. The third-order valence-corrected chi connectivity index (χ3v) is 5.05. The van der Waals surface area contributed by atoms with Crippen molar-refractivity contribution in [3.05, 3.63) is 29.8 Å². The molecule has 2 heterocycles. The molecule has 1 amide bonds. The van der Waals surface area contributed by atoms with Crippen LogP contribution < -0.4 is 5.46 Å². The molecule has 3 rings (SSSR count). The number of nitrogens with zero attached hydrogens (tertiary/aromatic N) is 1. The van der Waals surface area contributed by atoms with E-state index in [1.54, 1.807) is 4.90 Å². The smallest absolute Gasteiger partial charge is 0.399 e. The highest BCUT2D eigenvalue weighted by Crippen LogP contribution is 2.36. The Kier molecular flexibility index (Phi) is 4.01. The minimum atomic E-state index is -0.857. The van der Waals surface area contributed by atoms with Gasteiger partial charge in [0.2, 0.25) is 5.91 Å². The Morgan fingerprint density at radius 2 is 1.70 bits per heavy atom. The molecule has 2 aliphatic rings. The average Bonchev–Trinajstić information content (AvgIpc) is 2.64. The lowest BCUT2D eigenvalue weighted by Crippen LogP contribution is -2.52. The predicted octanol–water partition coefficient (Wildman–Crippen LogP) is 1.71. The summed E-state index contributed by atoms with van der Waals surface area (Å²) >= 11 is 0. The fourth-order valence-electron chi connectivity index (χ4n) is 2.69. The van der Waals surface area contributed by atoms with Gasteiger partial charge < -0.3 is 14.2 Å². The monoisotopic (exact) mass is 319 g/mol. The maximum atomic E-state index is 12.8. The molecule has 2 aliphatic heterocycles. The molecule has 1 aromatic rings. The van der Waals surface area contributed by atoms with Gasteiger partial charge in [0.25, 0.3) is 0 Å². The summed E-state index contributed by atoms with van der Waals surface area (Å²) in [5, 5.41) is 0. The van der Waals surface area contributed by atoms with Gasteiger partial charge in [0, 0.05) is 0 Å². The SMILES string of the molecule is CC1(C)OB(c2ccc(CC(=O)N3CC(F)C3)cc2)OC1(C)C. The van der Waals surface area contributed by atoms with Gasteiger partial charge in [-0.25, -0.2) is 4.39 Å². The zero-order valence-corrected chi connectivity index (χ0v) is 14.1. The van der Waals surface area contributed by atoms with E-state index < -0.39 is 13.3 Å². The number of rotatable bonds is 3. The first-order chi connectivity index (χ1) is 10.7. The number of halogens is 1. The molecule has 6 heteroatoms. The van der Waals surface area contributed by atoms with E-state index >= 15 is 0 Å². The number of likely N-dealkylation sites (tertiary alicyclic amines) is 1. The Labute approximate surface area is 137 Å². The van der Waals surface area contributed by atoms with Crippen LogP contribution in [0.4, 0.5) is 4.39 Å². The summed E-state index contributed by atoms with van der Waals surface area (Å²) in [4.78, 5) is 13.5. The molecule has 0 radical (unpaired) electrons. The van der Waals surface area contributed by atoms with E-state index in [9.17, 15) is 9.18 Å². The van der Waals surface area contributed by atoms with Gasteiger partial charge in [-0.2, -0.15) is 0 Å². The van der Waals surface area contributed by atoms with Crippen molar-refractivity contribution in [2.45, 2.75) is 51.5 Å². The molecule has 2 saturated heterocycles. The third-order valence-electron chi connectivity index (χ3n) is 5.05. The van der Waals surface area contributed by atoms with E-state index in [2.05, 4.69) is 0 Å². The number of hydrogen-bond acceptors (Lipinski definition) is 3. The summed E-state index contributed by atoms with van der Waals surface area (Å²) in [6.07, 6.45) is -0.555. The van der Waals surface area contributed by atoms with Gasteiger partial charge in [0.15, 0.2) is 0 Å². The summed E-state index contributed by atoms with van der Waals surface area (Å²) in [6.45, 7) is 8.53. The van der Waals surface area contributed by atoms with Crippen LogP contribution in [0.15, 0.2) is 24.3 Å². The summed E-state index contributed by atoms with van der Waals surface area (Å²) in [5.41, 5.74) is 1.12. The fourth-order valence-corrected chi connectivity index (χ4v) is 2.69. The van der Waals surface area contributed by atoms with E-state index in [-0.39, 0.29) is 30.2 Å². The number of hydrogen-bond donors (Lipinski definition) is 0. The predicted molar refractivity (Wildman–Crippen MR) is 87.3 cm³/mol. The van der Waals surface area contributed by atoms with Crippen molar-refractivity contribution < 1.29 is 18.5 Å². The van der Waals surface area contributed by atoms with Crippen molar-refractivity contribution in [3.63, 3.8) is 0 Å². The summed E-state index contributed by atoms with van der Waals surface area (Å²) in [6, 6.07) is 7.67. The van der Waals surface area contributed by atoms with Crippen molar-refractivity contribution in [1.82, 2.24) is 4.90 Å². The van der Waals surface area contributed by atoms with Crippen LogP contribution in [-0.2, 0) is 20.5 Å². The lowest BCUT2D eigenvalue weighted by molar-refractivity contribution is -0.137. The van der Waals surface area contributed by atoms with Crippen molar-refractivity contribution >= 4 is 18.5 Å². The Morgan fingerprint density at radius 1 is 1.17 bits per heavy atom. The molecule has 4 nitrogen and oxygen atoms in total. The van der Waals surface area contributed by atoms with Crippen LogP contribution in [0.25, 0.3) is 0 Å². The fraction of sp³-hybridized carbons (Fsp3) is 0.588. The number of alkyl halides is 1. The largest absolute Gasteiger partial charge is 0.494 e. The molecule has 0 spiro atoms. The summed E-state index contributed by atoms with van der Waals surface area (Å²) < 4.78 is 24.8. The Hall–Kier alpha value is -1.40. The number of amides is 1. The molecule has 2 fully saturated rings. The minimum absolute atomic E-state index is 0.0257. The topological polar surface area (TPSA) is 38.8 Å². The van der Waals surface area contributed by atoms with Crippen LogP contribution >= 0.6 is 0 Å². The number of benzene rings is 1. The molecule has 0 aliphatic carbocycles. The zero-order valence-electron chi connectivity index (χ0n) is 14.1. The van der Waals surface area contributed by atoms with Gasteiger partial charge in [0.05, 0.1) is 30.7 Å². The molecule has 0 N–H and O–H groups in total. The summed E-state index contributed by atoms with van der Waals surface area (Å²) in [5.74, 6) is -0.0257. The lowest BCUT2D eigenvalue weighted by atomic mass is 9.79. The summed E-state index contributed by atoms with van der Waals surface area (Å²) in [7, 11) is -0.396. The standard InChI is InChI=1S/C17H23BFNO3/c1-16(2)17(3,4)23-18(22-16)13-7-5-12(6-8-13)9-15(21)20-10-14(19)11-20/h5-8,14H,9-11H2,1-4H3. The lowest BCUT2D eigenvalue weighted by Gasteiger charge is -2.34. The first kappa shape index (κ1) is 16.5. The molecule has 0 bridgehead atoms. The molecule has 23 heavy (non-hydrogen) atoms. The minimum Gasteiger partial charge on any atom is -0.399 e. The molecular weight excluding hydrogens is 296 g/mol. The van der Waals surface area contributed by atoms with Gasteiger partial charge in [-0.15, -0.1) is 0 Å². The quantitative estimate of drug-likeness (QED) is 0.796. The van der Waals surface area contributed by atoms with E-state index in [0.717, 1.165) is 11.0 Å². The maximum Gasteiger partial charge on any atom is 0.494 e. The van der Waals surface area contributed by atoms with Crippen molar-refractivity contribution in [2.24, 2.45) is 0 Å². The van der Waals surface area contributed by atoms with Gasteiger partial charge >= 0.3 is 7.12 Å². The van der Waals surface area contributed by atoms with E-state index in [4.69, 9.17) is 9.31 Å². The van der Waals surface area contributed by atoms with Gasteiger partial charge in [0.1, 0.15) is 6.17 Å². The van der Waals surface area contributed by atoms with Crippen LogP contribution in [-0.4, -0.2) is 48.4 Å². The van der Waals surface area contributed by atoms with Crippen molar-refractivity contribution in [3.8, 4) is 0 Å². The maximum absolute atomic E-state index is 12.8. The highest BCUT2D eigenvalue weighted by molar-refractivity contribution is 6.62. The van der Waals surface area contributed by atoms with Gasteiger partial charge in [-0.3, -0.25) is 4.79 Å². The third kappa shape index (κ3) is 3.15. The molecule has 0 unspecified atom stereocenters. The first-order valence-electron chi connectivity index (χ1n) is 8.04. The molecule has 0 saturated carbocycles. The molecule has 1 aromatic carbocycles. The van der Waals surface area contributed by atoms with Crippen LogP contribution in [0.5, 0.6) is 0 Å². The molecule has 0 aromatic heterocycles. The Balaban J connectivity index is 1.63. The first-order valence-corrected chi connectivity index (χ1v) is 8.04. The van der Waals surface area contributed by atoms with Crippen LogP contribution in [0.1, 0.15) is 33.3 Å². The second-order valence-corrected chi connectivity index (χ2v) is 7.40. The van der Waals surface area contributed by atoms with E-state index in [1.165, 1.54) is 0 Å². The van der Waals surface area contributed by atoms with Crippen LogP contribution in [0.3, 0.4) is 0 Å². The normalized spacial score (nSPS) is 23.0. The van der Waals surface area contributed by atoms with E-state index in [1.807, 2.05) is 52.0 Å². The molecular formula is C17H23BFNO3. The number of carbonyl (C=O) groups is 1. The van der Waals surface area contributed by atoms with Crippen molar-refractivity contribution in [2.75, 3.05) is 13.1 Å². The van der Waals surface area contributed by atoms with Gasteiger partial charge in [-0.1, -0.05) is 24.3 Å². The highest BCUT2D eigenvalue weighted by atomic mass is 19.1.